The van der Waals surface area contributed by atoms with Gasteiger partial charge in [0.15, 0.2) is 5.78 Å². The Balaban J connectivity index is 2.04. The second-order valence-electron chi connectivity index (χ2n) is 4.84. The molecule has 1 amide bonds. The molecule has 1 unspecified atom stereocenters. The van der Waals surface area contributed by atoms with Crippen LogP contribution >= 0.6 is 11.6 Å². The van der Waals surface area contributed by atoms with Gasteiger partial charge >= 0.3 is 6.09 Å². The number of amides is 1. The van der Waals surface area contributed by atoms with Crippen molar-refractivity contribution in [2.45, 2.75) is 13.0 Å². The first-order valence-corrected chi connectivity index (χ1v) is 7.16. The third-order valence-electron chi connectivity index (χ3n) is 3.33. The number of carbonyl (C=O) groups excluding carboxylic acids is 2. The number of likely N-dealkylation sites (N-methyl/N-ethyl adjacent to an activating group) is 1. The molecule has 4 nitrogen and oxygen atoms in total. The lowest BCUT2D eigenvalue weighted by atomic mass is 10.1. The molecule has 0 saturated carbocycles. The Morgan fingerprint density at radius 3 is 2.23 bits per heavy atom. The number of nitrogens with zero attached hydrogens (tertiary/aromatic N) is 1. The number of ether oxygens (including phenoxy) is 1. The number of Topliss-reactive ketones (excluding diaryl/α,β-unsaturated/α-hetero) is 1. The van der Waals surface area contributed by atoms with Gasteiger partial charge in [-0.15, -0.1) is 0 Å². The molecule has 0 spiro atoms. The zero-order chi connectivity index (χ0) is 16.1. The third kappa shape index (κ3) is 3.86. The number of rotatable bonds is 4. The smallest absolute Gasteiger partial charge is 0.410 e. The molecule has 2 rings (SSSR count). The molecule has 0 radical (unpaired) electrons. The number of hydrogen-bond acceptors (Lipinski definition) is 3. The number of ketones is 1. The van der Waals surface area contributed by atoms with Crippen LogP contribution in [0.5, 0.6) is 5.75 Å². The van der Waals surface area contributed by atoms with Gasteiger partial charge in [-0.05, 0) is 43.3 Å². The van der Waals surface area contributed by atoms with E-state index < -0.39 is 12.1 Å². The maximum Gasteiger partial charge on any atom is 0.415 e. The van der Waals surface area contributed by atoms with Crippen molar-refractivity contribution in [3.63, 3.8) is 0 Å². The Hall–Kier alpha value is -2.33. The fourth-order valence-electron chi connectivity index (χ4n) is 1.85. The van der Waals surface area contributed by atoms with Crippen molar-refractivity contribution < 1.29 is 14.3 Å². The summed E-state index contributed by atoms with van der Waals surface area (Å²) in [6.45, 7) is 1.66. The second-order valence-corrected chi connectivity index (χ2v) is 5.28. The molecule has 0 bridgehead atoms. The highest BCUT2D eigenvalue weighted by Gasteiger charge is 2.24. The van der Waals surface area contributed by atoms with E-state index in [2.05, 4.69) is 0 Å². The first-order valence-electron chi connectivity index (χ1n) is 6.78. The van der Waals surface area contributed by atoms with Gasteiger partial charge in [-0.2, -0.15) is 0 Å². The number of hydrogen-bond donors (Lipinski definition) is 0. The molecule has 0 aliphatic rings. The van der Waals surface area contributed by atoms with Crippen molar-refractivity contribution >= 4 is 23.5 Å². The minimum atomic E-state index is -0.641. The first-order chi connectivity index (χ1) is 10.5. The highest BCUT2D eigenvalue weighted by molar-refractivity contribution is 6.30. The quantitative estimate of drug-likeness (QED) is 0.799. The maximum absolute atomic E-state index is 12.4. The molecular weight excluding hydrogens is 302 g/mol. The maximum atomic E-state index is 12.4. The van der Waals surface area contributed by atoms with Gasteiger partial charge in [-0.25, -0.2) is 4.79 Å². The largest absolute Gasteiger partial charge is 0.415 e. The van der Waals surface area contributed by atoms with Gasteiger partial charge in [0.25, 0.3) is 0 Å². The van der Waals surface area contributed by atoms with E-state index in [1.165, 1.54) is 11.9 Å². The molecule has 22 heavy (non-hydrogen) atoms. The predicted molar refractivity (Wildman–Crippen MR) is 85.5 cm³/mol. The molecule has 0 aromatic heterocycles. The Labute approximate surface area is 134 Å². The van der Waals surface area contributed by atoms with Gasteiger partial charge in [-0.3, -0.25) is 4.79 Å². The number of halogens is 1. The number of benzene rings is 2. The van der Waals surface area contributed by atoms with Crippen LogP contribution in [0.25, 0.3) is 0 Å². The third-order valence-corrected chi connectivity index (χ3v) is 3.58. The van der Waals surface area contributed by atoms with E-state index in [0.29, 0.717) is 16.3 Å². The van der Waals surface area contributed by atoms with E-state index in [9.17, 15) is 9.59 Å². The molecule has 1 atom stereocenters. The van der Waals surface area contributed by atoms with Crippen LogP contribution in [-0.4, -0.2) is 29.9 Å². The monoisotopic (exact) mass is 317 g/mol. The molecule has 5 heteroatoms. The van der Waals surface area contributed by atoms with E-state index in [0.717, 1.165) is 0 Å². The summed E-state index contributed by atoms with van der Waals surface area (Å²) >= 11 is 5.80. The van der Waals surface area contributed by atoms with E-state index >= 15 is 0 Å². The van der Waals surface area contributed by atoms with E-state index in [1.54, 1.807) is 55.5 Å². The highest BCUT2D eigenvalue weighted by Crippen LogP contribution is 2.15. The van der Waals surface area contributed by atoms with E-state index in [1.807, 2.05) is 6.07 Å². The second kappa shape index (κ2) is 7.09. The van der Waals surface area contributed by atoms with Crippen LogP contribution in [0.15, 0.2) is 54.6 Å². The molecule has 0 saturated heterocycles. The van der Waals surface area contributed by atoms with Crippen molar-refractivity contribution in [2.75, 3.05) is 7.05 Å². The van der Waals surface area contributed by atoms with Crippen molar-refractivity contribution in [1.82, 2.24) is 4.90 Å². The summed E-state index contributed by atoms with van der Waals surface area (Å²) in [6, 6.07) is 14.6. The first kappa shape index (κ1) is 16.0. The van der Waals surface area contributed by atoms with Gasteiger partial charge in [0, 0.05) is 17.6 Å². The predicted octanol–water partition coefficient (Wildman–Crippen LogP) is 4.04. The molecule has 0 fully saturated rings. The summed E-state index contributed by atoms with van der Waals surface area (Å²) < 4.78 is 5.22. The summed E-state index contributed by atoms with van der Waals surface area (Å²) in [5, 5.41) is 0.557. The normalized spacial score (nSPS) is 11.6. The number of para-hydroxylation sites is 1. The highest BCUT2D eigenvalue weighted by atomic mass is 35.5. The molecule has 0 aliphatic carbocycles. The summed E-state index contributed by atoms with van der Waals surface area (Å²) in [6.07, 6.45) is -0.582. The fraction of sp³-hybridized carbons (Fsp3) is 0.176. The number of carbonyl (C=O) groups is 2. The van der Waals surface area contributed by atoms with Gasteiger partial charge in [0.2, 0.25) is 0 Å². The van der Waals surface area contributed by atoms with Crippen LogP contribution in [-0.2, 0) is 0 Å². The zero-order valence-electron chi connectivity index (χ0n) is 12.3. The average molecular weight is 318 g/mol. The Morgan fingerprint density at radius 2 is 1.64 bits per heavy atom. The van der Waals surface area contributed by atoms with Crippen LogP contribution in [0.3, 0.4) is 0 Å². The van der Waals surface area contributed by atoms with Crippen LogP contribution in [0.2, 0.25) is 5.02 Å². The SMILES string of the molecule is CC(C(=O)c1ccc(Cl)cc1)N(C)C(=O)Oc1ccccc1. The Kier molecular flexibility index (Phi) is 5.17. The minimum Gasteiger partial charge on any atom is -0.410 e. The van der Waals surface area contributed by atoms with Crippen molar-refractivity contribution in [2.24, 2.45) is 0 Å². The molecule has 0 aliphatic heterocycles. The zero-order valence-corrected chi connectivity index (χ0v) is 13.1. The van der Waals surface area contributed by atoms with Gasteiger partial charge < -0.3 is 9.64 Å². The van der Waals surface area contributed by atoms with Crippen molar-refractivity contribution in [1.29, 1.82) is 0 Å². The summed E-state index contributed by atoms with van der Waals surface area (Å²) in [7, 11) is 1.53. The Morgan fingerprint density at radius 1 is 1.05 bits per heavy atom. The standard InChI is InChI=1S/C17H16ClNO3/c1-12(16(20)13-8-10-14(18)11-9-13)19(2)17(21)22-15-6-4-3-5-7-15/h3-12H,1-2H3. The van der Waals surface area contributed by atoms with Crippen LogP contribution in [0, 0.1) is 0 Å². The fourth-order valence-corrected chi connectivity index (χ4v) is 1.98. The molecule has 2 aromatic carbocycles. The topological polar surface area (TPSA) is 46.6 Å². The van der Waals surface area contributed by atoms with Crippen molar-refractivity contribution in [3.8, 4) is 5.75 Å². The van der Waals surface area contributed by atoms with Crippen LogP contribution in [0.4, 0.5) is 4.79 Å². The molecule has 0 heterocycles. The molecule has 2 aromatic rings. The molecule has 114 valence electrons. The lowest BCUT2D eigenvalue weighted by Crippen LogP contribution is -2.41. The van der Waals surface area contributed by atoms with Crippen molar-refractivity contribution in [3.05, 3.63) is 65.2 Å². The average Bonchev–Trinajstić information content (AvgIpc) is 2.54. The van der Waals surface area contributed by atoms with Crippen LogP contribution in [0.1, 0.15) is 17.3 Å². The summed E-state index contributed by atoms with van der Waals surface area (Å²) in [5.41, 5.74) is 0.497. The lowest BCUT2D eigenvalue weighted by molar-refractivity contribution is 0.0854. The van der Waals surface area contributed by atoms with E-state index in [4.69, 9.17) is 16.3 Å². The lowest BCUT2D eigenvalue weighted by Gasteiger charge is -2.23. The molecule has 0 N–H and O–H groups in total. The summed E-state index contributed by atoms with van der Waals surface area (Å²) in [5.74, 6) is 0.259. The van der Waals surface area contributed by atoms with Gasteiger partial charge in [0.1, 0.15) is 5.75 Å². The van der Waals surface area contributed by atoms with Crippen LogP contribution < -0.4 is 4.74 Å². The minimum absolute atomic E-state index is 0.177. The van der Waals surface area contributed by atoms with Gasteiger partial charge in [0.05, 0.1) is 6.04 Å². The Bertz CT molecular complexity index is 655. The van der Waals surface area contributed by atoms with Gasteiger partial charge in [-0.1, -0.05) is 29.8 Å². The molecular formula is C17H16ClNO3. The summed E-state index contributed by atoms with van der Waals surface area (Å²) in [4.78, 5) is 25.7. The van der Waals surface area contributed by atoms with E-state index in [-0.39, 0.29) is 5.78 Å².